The Bertz CT molecular complexity index is 564. The summed E-state index contributed by atoms with van der Waals surface area (Å²) in [4.78, 5) is 12.3. The first-order valence-corrected chi connectivity index (χ1v) is 7.55. The number of hydrogen-bond donors (Lipinski definition) is 0. The number of benzene rings is 1. The van der Waals surface area contributed by atoms with Crippen LogP contribution < -0.4 is 0 Å². The van der Waals surface area contributed by atoms with E-state index in [1.54, 1.807) is 0 Å². The van der Waals surface area contributed by atoms with Crippen LogP contribution in [0.5, 0.6) is 0 Å². The third-order valence-corrected chi connectivity index (χ3v) is 4.31. The molecule has 0 fully saturated rings. The third kappa shape index (κ3) is 3.26. The van der Waals surface area contributed by atoms with E-state index in [4.69, 9.17) is 4.74 Å². The molecule has 0 aliphatic heterocycles. The summed E-state index contributed by atoms with van der Waals surface area (Å²) < 4.78 is 5.28. The van der Waals surface area contributed by atoms with E-state index in [9.17, 15) is 4.79 Å². The topological polar surface area (TPSA) is 26.3 Å². The monoisotopic (exact) mass is 284 g/mol. The van der Waals surface area contributed by atoms with Crippen molar-refractivity contribution in [2.75, 3.05) is 6.61 Å². The van der Waals surface area contributed by atoms with Gasteiger partial charge in [0.25, 0.3) is 0 Å². The van der Waals surface area contributed by atoms with Gasteiger partial charge in [-0.3, -0.25) is 4.79 Å². The summed E-state index contributed by atoms with van der Waals surface area (Å²) >= 11 is 0. The lowest BCUT2D eigenvalue weighted by Gasteiger charge is -2.38. The Balaban J connectivity index is 2.28. The van der Waals surface area contributed by atoms with Crippen LogP contribution in [0.15, 0.2) is 53.6 Å². The van der Waals surface area contributed by atoms with Crippen molar-refractivity contribution in [2.45, 2.75) is 34.1 Å². The molecule has 0 bridgehead atoms. The first kappa shape index (κ1) is 15.6. The van der Waals surface area contributed by atoms with Crippen LogP contribution in [-0.2, 0) is 16.0 Å². The summed E-state index contributed by atoms with van der Waals surface area (Å²) in [5.74, 6) is -0.309. The Kier molecular flexibility index (Phi) is 4.66. The van der Waals surface area contributed by atoms with Gasteiger partial charge in [-0.1, -0.05) is 67.5 Å². The molecule has 1 aliphatic carbocycles. The Morgan fingerprint density at radius 2 is 1.86 bits per heavy atom. The van der Waals surface area contributed by atoms with Crippen LogP contribution in [0.4, 0.5) is 0 Å². The average Bonchev–Trinajstić information content (AvgIpc) is 2.43. The minimum absolute atomic E-state index is 0.116. The van der Waals surface area contributed by atoms with Crippen molar-refractivity contribution in [3.05, 3.63) is 59.2 Å². The van der Waals surface area contributed by atoms with Crippen molar-refractivity contribution in [1.29, 1.82) is 0 Å². The van der Waals surface area contributed by atoms with Gasteiger partial charge in [0.2, 0.25) is 0 Å². The molecule has 0 saturated carbocycles. The van der Waals surface area contributed by atoms with Gasteiger partial charge in [-0.05, 0) is 25.8 Å². The molecule has 0 N–H and O–H groups in total. The number of carbonyl (C=O) groups excluding carboxylic acids is 1. The van der Waals surface area contributed by atoms with Crippen molar-refractivity contribution in [3.63, 3.8) is 0 Å². The van der Waals surface area contributed by atoms with Gasteiger partial charge in [0, 0.05) is 5.41 Å². The van der Waals surface area contributed by atoms with E-state index in [1.807, 2.05) is 19.9 Å². The zero-order chi connectivity index (χ0) is 15.5. The van der Waals surface area contributed by atoms with Gasteiger partial charge in [-0.15, -0.1) is 0 Å². The Morgan fingerprint density at radius 1 is 1.19 bits per heavy atom. The minimum Gasteiger partial charge on any atom is -0.466 e. The molecule has 2 rings (SSSR count). The molecule has 0 spiro atoms. The largest absolute Gasteiger partial charge is 0.466 e. The van der Waals surface area contributed by atoms with Gasteiger partial charge >= 0.3 is 5.97 Å². The van der Waals surface area contributed by atoms with Crippen molar-refractivity contribution in [3.8, 4) is 0 Å². The van der Waals surface area contributed by atoms with Gasteiger partial charge in [0.1, 0.15) is 0 Å². The molecular weight excluding hydrogens is 260 g/mol. The van der Waals surface area contributed by atoms with Gasteiger partial charge < -0.3 is 4.74 Å². The predicted octanol–water partition coefficient (Wildman–Crippen LogP) is 4.32. The molecule has 1 aromatic carbocycles. The molecule has 2 heteroatoms. The second-order valence-corrected chi connectivity index (χ2v) is 6.17. The number of esters is 1. The maximum atomic E-state index is 12.3. The lowest BCUT2D eigenvalue weighted by atomic mass is 9.66. The predicted molar refractivity (Wildman–Crippen MR) is 85.9 cm³/mol. The molecule has 1 aliphatic rings. The molecular formula is C19H24O2. The highest BCUT2D eigenvalue weighted by molar-refractivity contribution is 5.78. The van der Waals surface area contributed by atoms with Crippen molar-refractivity contribution < 1.29 is 9.53 Å². The summed E-state index contributed by atoms with van der Waals surface area (Å²) in [6.45, 7) is 8.57. The van der Waals surface area contributed by atoms with Crippen LogP contribution in [0, 0.1) is 11.3 Å². The van der Waals surface area contributed by atoms with E-state index in [-0.39, 0.29) is 17.3 Å². The fourth-order valence-corrected chi connectivity index (χ4v) is 3.11. The van der Waals surface area contributed by atoms with Gasteiger partial charge in [0.15, 0.2) is 0 Å². The number of allylic oxidation sites excluding steroid dienone is 3. The zero-order valence-corrected chi connectivity index (χ0v) is 13.3. The fraction of sp³-hybridized carbons (Fsp3) is 0.421. The molecule has 2 nitrogen and oxygen atoms in total. The smallest absolute Gasteiger partial charge is 0.313 e. The van der Waals surface area contributed by atoms with Gasteiger partial charge in [-0.25, -0.2) is 0 Å². The molecule has 1 aromatic rings. The quantitative estimate of drug-likeness (QED) is 0.770. The molecule has 0 saturated heterocycles. The van der Waals surface area contributed by atoms with Gasteiger partial charge in [0.05, 0.1) is 12.5 Å². The SMILES string of the molecule is CCOC(=O)C1C(C)=CC=C(Cc2ccccc2)C1(C)C. The molecule has 21 heavy (non-hydrogen) atoms. The van der Waals surface area contributed by atoms with E-state index in [0.29, 0.717) is 6.61 Å². The van der Waals surface area contributed by atoms with Crippen LogP contribution in [0.2, 0.25) is 0 Å². The van der Waals surface area contributed by atoms with Crippen molar-refractivity contribution >= 4 is 5.97 Å². The van der Waals surface area contributed by atoms with Crippen molar-refractivity contribution in [2.24, 2.45) is 11.3 Å². The molecule has 0 heterocycles. The van der Waals surface area contributed by atoms with Crippen LogP contribution in [0.25, 0.3) is 0 Å². The van der Waals surface area contributed by atoms with E-state index < -0.39 is 0 Å². The molecule has 0 radical (unpaired) electrons. The Morgan fingerprint density at radius 3 is 2.48 bits per heavy atom. The maximum Gasteiger partial charge on any atom is 0.313 e. The molecule has 1 unspecified atom stereocenters. The summed E-state index contributed by atoms with van der Waals surface area (Å²) in [6, 6.07) is 10.4. The Hall–Kier alpha value is -1.83. The lowest BCUT2D eigenvalue weighted by molar-refractivity contribution is -0.149. The summed E-state index contributed by atoms with van der Waals surface area (Å²) in [6.07, 6.45) is 5.09. The first-order valence-electron chi connectivity index (χ1n) is 7.55. The van der Waals surface area contributed by atoms with Crippen LogP contribution in [0.1, 0.15) is 33.3 Å². The van der Waals surface area contributed by atoms with E-state index in [0.717, 1.165) is 12.0 Å². The highest BCUT2D eigenvalue weighted by atomic mass is 16.5. The number of carbonyl (C=O) groups is 1. The molecule has 0 amide bonds. The third-order valence-electron chi connectivity index (χ3n) is 4.31. The Labute approximate surface area is 127 Å². The number of ether oxygens (including phenoxy) is 1. The second-order valence-electron chi connectivity index (χ2n) is 6.17. The van der Waals surface area contributed by atoms with Crippen LogP contribution in [0.3, 0.4) is 0 Å². The van der Waals surface area contributed by atoms with Crippen LogP contribution in [-0.4, -0.2) is 12.6 Å². The van der Waals surface area contributed by atoms with E-state index in [2.05, 4.69) is 50.3 Å². The van der Waals surface area contributed by atoms with E-state index >= 15 is 0 Å². The first-order chi connectivity index (χ1) is 9.96. The van der Waals surface area contributed by atoms with Crippen LogP contribution >= 0.6 is 0 Å². The molecule has 1 atom stereocenters. The fourth-order valence-electron chi connectivity index (χ4n) is 3.11. The minimum atomic E-state index is -0.221. The summed E-state index contributed by atoms with van der Waals surface area (Å²) in [5, 5.41) is 0. The molecule has 112 valence electrons. The number of hydrogen-bond acceptors (Lipinski definition) is 2. The zero-order valence-electron chi connectivity index (χ0n) is 13.3. The van der Waals surface area contributed by atoms with E-state index in [1.165, 1.54) is 11.1 Å². The molecule has 0 aromatic heterocycles. The summed E-state index contributed by atoms with van der Waals surface area (Å²) in [7, 11) is 0. The second kappa shape index (κ2) is 6.30. The van der Waals surface area contributed by atoms with Gasteiger partial charge in [-0.2, -0.15) is 0 Å². The normalized spacial score (nSPS) is 20.5. The maximum absolute atomic E-state index is 12.3. The highest BCUT2D eigenvalue weighted by Crippen LogP contribution is 2.44. The highest BCUT2D eigenvalue weighted by Gasteiger charge is 2.41. The lowest BCUT2D eigenvalue weighted by Crippen LogP contribution is -2.37. The number of rotatable bonds is 4. The standard InChI is InChI=1S/C19H24O2/c1-5-21-18(20)17-14(2)11-12-16(19(17,3)4)13-15-9-7-6-8-10-15/h6-12,17H,5,13H2,1-4H3. The summed E-state index contributed by atoms with van der Waals surface area (Å²) in [5.41, 5.74) is 3.40. The average molecular weight is 284 g/mol. The van der Waals surface area contributed by atoms with Crippen molar-refractivity contribution in [1.82, 2.24) is 0 Å².